The van der Waals surface area contributed by atoms with E-state index in [1.807, 2.05) is 19.1 Å². The summed E-state index contributed by atoms with van der Waals surface area (Å²) in [5.41, 5.74) is 8.42. The van der Waals surface area contributed by atoms with Gasteiger partial charge < -0.3 is 10.2 Å². The van der Waals surface area contributed by atoms with Crippen molar-refractivity contribution in [2.24, 2.45) is 5.73 Å². The smallest absolute Gasteiger partial charge is 0.104 e. The Morgan fingerprint density at radius 3 is 2.35 bits per heavy atom. The zero-order valence-electron chi connectivity index (χ0n) is 10.2. The molecule has 17 heavy (non-hydrogen) atoms. The quantitative estimate of drug-likeness (QED) is 0.856. The van der Waals surface area contributed by atoms with Crippen LogP contribution in [0.5, 0.6) is 0 Å². The van der Waals surface area contributed by atoms with E-state index >= 15 is 0 Å². The molecule has 0 spiro atoms. The second-order valence-electron chi connectivity index (χ2n) is 4.58. The van der Waals surface area contributed by atoms with E-state index in [0.29, 0.717) is 0 Å². The van der Waals surface area contributed by atoms with Gasteiger partial charge in [-0.15, -0.1) is 0 Å². The summed E-state index contributed by atoms with van der Waals surface area (Å²) >= 11 is 0. The number of hydrogen-bond donors (Lipinski definition) is 1. The average Bonchev–Trinajstić information content (AvgIpc) is 2.80. The van der Waals surface area contributed by atoms with E-state index in [9.17, 15) is 0 Å². The molecule has 0 bridgehead atoms. The third-order valence-electron chi connectivity index (χ3n) is 2.82. The Balaban J connectivity index is 1.89. The van der Waals surface area contributed by atoms with Gasteiger partial charge in [-0.05, 0) is 43.0 Å². The number of furan rings is 1. The Bertz CT molecular complexity index is 428. The van der Waals surface area contributed by atoms with Gasteiger partial charge in [0.05, 0.1) is 6.26 Å². The molecule has 1 aromatic carbocycles. The molecule has 2 N–H and O–H groups in total. The first-order chi connectivity index (χ1) is 8.24. The molecule has 0 aliphatic carbocycles. The highest BCUT2D eigenvalue weighted by atomic mass is 16.3. The number of benzene rings is 1. The van der Waals surface area contributed by atoms with Crippen molar-refractivity contribution >= 4 is 0 Å². The molecule has 0 saturated carbocycles. The Labute approximate surface area is 102 Å². The maximum Gasteiger partial charge on any atom is 0.104 e. The van der Waals surface area contributed by atoms with Gasteiger partial charge in [0.15, 0.2) is 0 Å². The van der Waals surface area contributed by atoms with Crippen molar-refractivity contribution in [3.63, 3.8) is 0 Å². The van der Waals surface area contributed by atoms with E-state index in [1.165, 1.54) is 11.1 Å². The third kappa shape index (κ3) is 3.75. The summed E-state index contributed by atoms with van der Waals surface area (Å²) < 4.78 is 5.32. The molecule has 90 valence electrons. The average molecular weight is 229 g/mol. The Morgan fingerprint density at radius 2 is 1.76 bits per heavy atom. The standard InChI is InChI=1S/C15H19NO/c1-12(16)11-14-6-4-13(5-7-14)8-9-15-3-2-10-17-15/h2-7,10,12H,8-9,11,16H2,1H3/t12-/m1/s1. The molecule has 0 radical (unpaired) electrons. The van der Waals surface area contributed by atoms with Gasteiger partial charge in [-0.3, -0.25) is 0 Å². The maximum atomic E-state index is 5.77. The van der Waals surface area contributed by atoms with E-state index in [4.69, 9.17) is 10.2 Å². The van der Waals surface area contributed by atoms with Crippen molar-refractivity contribution < 1.29 is 4.42 Å². The first kappa shape index (κ1) is 11.9. The predicted molar refractivity (Wildman–Crippen MR) is 69.9 cm³/mol. The summed E-state index contributed by atoms with van der Waals surface area (Å²) in [4.78, 5) is 0. The number of nitrogens with two attached hydrogens (primary N) is 1. The molecule has 2 aromatic rings. The maximum absolute atomic E-state index is 5.77. The van der Waals surface area contributed by atoms with Crippen LogP contribution >= 0.6 is 0 Å². The minimum atomic E-state index is 0.226. The van der Waals surface area contributed by atoms with Gasteiger partial charge in [0.25, 0.3) is 0 Å². The van der Waals surface area contributed by atoms with Crippen LogP contribution in [0.2, 0.25) is 0 Å². The molecule has 1 atom stereocenters. The van der Waals surface area contributed by atoms with Gasteiger partial charge in [-0.1, -0.05) is 24.3 Å². The van der Waals surface area contributed by atoms with Crippen LogP contribution in [0.25, 0.3) is 0 Å². The van der Waals surface area contributed by atoms with Crippen molar-refractivity contribution in [3.8, 4) is 0 Å². The van der Waals surface area contributed by atoms with E-state index in [-0.39, 0.29) is 6.04 Å². The van der Waals surface area contributed by atoms with Crippen molar-refractivity contribution in [1.29, 1.82) is 0 Å². The molecular weight excluding hydrogens is 210 g/mol. The fraction of sp³-hybridized carbons (Fsp3) is 0.333. The topological polar surface area (TPSA) is 39.2 Å². The largest absolute Gasteiger partial charge is 0.469 e. The molecule has 0 amide bonds. The second kappa shape index (κ2) is 5.69. The van der Waals surface area contributed by atoms with Crippen LogP contribution in [0.1, 0.15) is 23.8 Å². The van der Waals surface area contributed by atoms with Gasteiger partial charge in [0, 0.05) is 12.5 Å². The molecule has 0 aliphatic rings. The molecule has 1 aromatic heterocycles. The van der Waals surface area contributed by atoms with Crippen LogP contribution < -0.4 is 5.73 Å². The van der Waals surface area contributed by atoms with E-state index in [0.717, 1.165) is 25.0 Å². The lowest BCUT2D eigenvalue weighted by atomic mass is 10.0. The van der Waals surface area contributed by atoms with Gasteiger partial charge in [-0.2, -0.15) is 0 Å². The molecule has 2 nitrogen and oxygen atoms in total. The number of aryl methyl sites for hydroxylation is 2. The van der Waals surface area contributed by atoms with Crippen LogP contribution in [0.15, 0.2) is 47.1 Å². The van der Waals surface area contributed by atoms with Gasteiger partial charge in [-0.25, -0.2) is 0 Å². The van der Waals surface area contributed by atoms with Crippen molar-refractivity contribution in [2.45, 2.75) is 32.2 Å². The van der Waals surface area contributed by atoms with Crippen LogP contribution in [-0.4, -0.2) is 6.04 Å². The molecular formula is C15H19NO. The lowest BCUT2D eigenvalue weighted by molar-refractivity contribution is 0.508. The van der Waals surface area contributed by atoms with Gasteiger partial charge >= 0.3 is 0 Å². The highest BCUT2D eigenvalue weighted by Crippen LogP contribution is 2.10. The Kier molecular flexibility index (Phi) is 3.99. The summed E-state index contributed by atoms with van der Waals surface area (Å²) in [5.74, 6) is 1.05. The van der Waals surface area contributed by atoms with Gasteiger partial charge in [0.1, 0.15) is 5.76 Å². The first-order valence-electron chi connectivity index (χ1n) is 6.10. The fourth-order valence-corrected chi connectivity index (χ4v) is 1.94. The Hall–Kier alpha value is -1.54. The van der Waals surface area contributed by atoms with Crippen LogP contribution in [-0.2, 0) is 19.3 Å². The second-order valence-corrected chi connectivity index (χ2v) is 4.58. The fourth-order valence-electron chi connectivity index (χ4n) is 1.94. The molecule has 2 rings (SSSR count). The predicted octanol–water partition coefficient (Wildman–Crippen LogP) is 2.95. The third-order valence-corrected chi connectivity index (χ3v) is 2.82. The van der Waals surface area contributed by atoms with Crippen LogP contribution in [0, 0.1) is 0 Å². The van der Waals surface area contributed by atoms with Crippen molar-refractivity contribution in [1.82, 2.24) is 0 Å². The first-order valence-corrected chi connectivity index (χ1v) is 6.10. The number of rotatable bonds is 5. The van der Waals surface area contributed by atoms with Crippen molar-refractivity contribution in [2.75, 3.05) is 0 Å². The van der Waals surface area contributed by atoms with Gasteiger partial charge in [0.2, 0.25) is 0 Å². The van der Waals surface area contributed by atoms with E-state index in [2.05, 4.69) is 24.3 Å². The minimum Gasteiger partial charge on any atom is -0.469 e. The van der Waals surface area contributed by atoms with Crippen LogP contribution in [0.3, 0.4) is 0 Å². The number of hydrogen-bond acceptors (Lipinski definition) is 2. The Morgan fingerprint density at radius 1 is 1.06 bits per heavy atom. The highest BCUT2D eigenvalue weighted by molar-refractivity contribution is 5.23. The molecule has 1 heterocycles. The SMILES string of the molecule is C[C@@H](N)Cc1ccc(CCc2ccco2)cc1. The summed E-state index contributed by atoms with van der Waals surface area (Å²) in [6, 6.07) is 12.9. The normalized spacial score (nSPS) is 12.6. The van der Waals surface area contributed by atoms with Crippen LogP contribution in [0.4, 0.5) is 0 Å². The summed E-state index contributed by atoms with van der Waals surface area (Å²) in [6.07, 6.45) is 4.64. The van der Waals surface area contributed by atoms with E-state index in [1.54, 1.807) is 6.26 Å². The highest BCUT2D eigenvalue weighted by Gasteiger charge is 2.00. The zero-order chi connectivity index (χ0) is 12.1. The zero-order valence-corrected chi connectivity index (χ0v) is 10.2. The molecule has 0 unspecified atom stereocenters. The summed E-state index contributed by atoms with van der Waals surface area (Å²) in [7, 11) is 0. The lowest BCUT2D eigenvalue weighted by Crippen LogP contribution is -2.17. The molecule has 0 saturated heterocycles. The minimum absolute atomic E-state index is 0.226. The summed E-state index contributed by atoms with van der Waals surface area (Å²) in [5, 5.41) is 0. The lowest BCUT2D eigenvalue weighted by Gasteiger charge is -2.06. The molecule has 0 aliphatic heterocycles. The molecule has 0 fully saturated rings. The summed E-state index contributed by atoms with van der Waals surface area (Å²) in [6.45, 7) is 2.03. The van der Waals surface area contributed by atoms with Crippen molar-refractivity contribution in [3.05, 3.63) is 59.5 Å². The monoisotopic (exact) mass is 229 g/mol. The molecule has 2 heteroatoms. The van der Waals surface area contributed by atoms with E-state index < -0.39 is 0 Å².